The molecule has 5 nitrogen and oxygen atoms in total. The lowest BCUT2D eigenvalue weighted by molar-refractivity contribution is 0.0824. The van der Waals surface area contributed by atoms with E-state index in [1.165, 1.54) is 9.58 Å². The van der Waals surface area contributed by atoms with Crippen molar-refractivity contribution in [1.82, 2.24) is 14.7 Å². The first-order valence-corrected chi connectivity index (χ1v) is 4.62. The van der Waals surface area contributed by atoms with Gasteiger partial charge in [-0.25, -0.2) is 4.68 Å². The standard InChI is InChI=1S/C10H15N3O2/c1-6-7(2)11-13(5)10(15)8(6)9(14)12(3)4/h1-5H3. The van der Waals surface area contributed by atoms with E-state index in [0.29, 0.717) is 11.3 Å². The van der Waals surface area contributed by atoms with Crippen molar-refractivity contribution in [1.29, 1.82) is 0 Å². The maximum atomic E-state index is 11.8. The molecule has 1 aromatic heterocycles. The van der Waals surface area contributed by atoms with Crippen LogP contribution < -0.4 is 5.56 Å². The van der Waals surface area contributed by atoms with Gasteiger partial charge >= 0.3 is 0 Å². The molecule has 0 spiro atoms. The summed E-state index contributed by atoms with van der Waals surface area (Å²) in [6.07, 6.45) is 0. The predicted molar refractivity (Wildman–Crippen MR) is 57.0 cm³/mol. The summed E-state index contributed by atoms with van der Waals surface area (Å²) < 4.78 is 1.19. The smallest absolute Gasteiger partial charge is 0.279 e. The van der Waals surface area contributed by atoms with Crippen molar-refractivity contribution in [2.24, 2.45) is 7.05 Å². The van der Waals surface area contributed by atoms with E-state index in [1.807, 2.05) is 0 Å². The van der Waals surface area contributed by atoms with Crippen LogP contribution in [0.4, 0.5) is 0 Å². The Kier molecular flexibility index (Phi) is 2.93. The molecule has 0 saturated heterocycles. The minimum Gasteiger partial charge on any atom is -0.345 e. The van der Waals surface area contributed by atoms with Crippen LogP contribution in [-0.4, -0.2) is 34.7 Å². The summed E-state index contributed by atoms with van der Waals surface area (Å²) in [5, 5.41) is 4.01. The van der Waals surface area contributed by atoms with E-state index in [-0.39, 0.29) is 17.0 Å². The number of aryl methyl sites for hydroxylation is 2. The van der Waals surface area contributed by atoms with Gasteiger partial charge in [0.1, 0.15) is 5.56 Å². The van der Waals surface area contributed by atoms with Gasteiger partial charge in [0, 0.05) is 21.1 Å². The molecule has 1 heterocycles. The van der Waals surface area contributed by atoms with Crippen LogP contribution in [0.25, 0.3) is 0 Å². The van der Waals surface area contributed by atoms with Crippen molar-refractivity contribution in [3.8, 4) is 0 Å². The van der Waals surface area contributed by atoms with Gasteiger partial charge in [0.2, 0.25) is 0 Å². The van der Waals surface area contributed by atoms with Gasteiger partial charge in [0.15, 0.2) is 0 Å². The quantitative estimate of drug-likeness (QED) is 0.659. The Morgan fingerprint density at radius 3 is 2.33 bits per heavy atom. The molecular formula is C10H15N3O2. The average Bonchev–Trinajstić information content (AvgIpc) is 2.15. The Hall–Kier alpha value is -1.65. The Balaban J connectivity index is 3.54. The molecule has 0 aliphatic heterocycles. The second-order valence-electron chi connectivity index (χ2n) is 3.71. The first kappa shape index (κ1) is 11.4. The molecule has 0 fully saturated rings. The topological polar surface area (TPSA) is 55.2 Å². The highest BCUT2D eigenvalue weighted by atomic mass is 16.2. The van der Waals surface area contributed by atoms with Crippen LogP contribution in [0.3, 0.4) is 0 Å². The zero-order valence-electron chi connectivity index (χ0n) is 9.66. The number of nitrogens with zero attached hydrogens (tertiary/aromatic N) is 3. The van der Waals surface area contributed by atoms with Gasteiger partial charge in [-0.15, -0.1) is 0 Å². The molecule has 0 unspecified atom stereocenters. The van der Waals surface area contributed by atoms with Crippen molar-refractivity contribution >= 4 is 5.91 Å². The maximum absolute atomic E-state index is 11.8. The molecule has 0 bridgehead atoms. The summed E-state index contributed by atoms with van der Waals surface area (Å²) in [5.74, 6) is -0.279. The van der Waals surface area contributed by atoms with Crippen LogP contribution in [0.2, 0.25) is 0 Å². The van der Waals surface area contributed by atoms with E-state index in [1.54, 1.807) is 35.0 Å². The zero-order valence-corrected chi connectivity index (χ0v) is 9.66. The number of rotatable bonds is 1. The number of aromatic nitrogens is 2. The fourth-order valence-corrected chi connectivity index (χ4v) is 1.32. The Morgan fingerprint density at radius 1 is 1.33 bits per heavy atom. The fourth-order valence-electron chi connectivity index (χ4n) is 1.32. The van der Waals surface area contributed by atoms with Crippen LogP contribution in [0.15, 0.2) is 4.79 Å². The van der Waals surface area contributed by atoms with Gasteiger partial charge < -0.3 is 4.90 Å². The molecule has 1 amide bonds. The molecule has 0 atom stereocenters. The number of carbonyl (C=O) groups excluding carboxylic acids is 1. The van der Waals surface area contributed by atoms with Crippen LogP contribution in [0, 0.1) is 13.8 Å². The molecule has 0 N–H and O–H groups in total. The van der Waals surface area contributed by atoms with E-state index in [9.17, 15) is 9.59 Å². The first-order chi connectivity index (χ1) is 6.86. The van der Waals surface area contributed by atoms with Crippen molar-refractivity contribution in [3.63, 3.8) is 0 Å². The van der Waals surface area contributed by atoms with Gasteiger partial charge in [0.25, 0.3) is 11.5 Å². The second kappa shape index (κ2) is 3.84. The van der Waals surface area contributed by atoms with Crippen LogP contribution in [0.1, 0.15) is 21.6 Å². The number of amides is 1. The average molecular weight is 209 g/mol. The Labute approximate surface area is 88.3 Å². The van der Waals surface area contributed by atoms with Gasteiger partial charge in [0.05, 0.1) is 5.69 Å². The lowest BCUT2D eigenvalue weighted by atomic mass is 10.1. The summed E-state index contributed by atoms with van der Waals surface area (Å²) in [4.78, 5) is 24.9. The third-order valence-electron chi connectivity index (χ3n) is 2.35. The summed E-state index contributed by atoms with van der Waals surface area (Å²) >= 11 is 0. The SMILES string of the molecule is Cc1nn(C)c(=O)c(C(=O)N(C)C)c1C. The largest absolute Gasteiger partial charge is 0.345 e. The monoisotopic (exact) mass is 209 g/mol. The number of hydrogen-bond donors (Lipinski definition) is 0. The minimum atomic E-state index is -0.350. The molecule has 0 aromatic carbocycles. The molecule has 1 rings (SSSR count). The molecule has 82 valence electrons. The Bertz CT molecular complexity index is 460. The molecule has 1 aromatic rings. The minimum absolute atomic E-state index is 0.204. The van der Waals surface area contributed by atoms with Gasteiger partial charge in [-0.1, -0.05) is 0 Å². The molecule has 15 heavy (non-hydrogen) atoms. The summed E-state index contributed by atoms with van der Waals surface area (Å²) in [6.45, 7) is 3.52. The normalized spacial score (nSPS) is 10.2. The first-order valence-electron chi connectivity index (χ1n) is 4.62. The lowest BCUT2D eigenvalue weighted by Crippen LogP contribution is -2.34. The van der Waals surface area contributed by atoms with Crippen LogP contribution in [-0.2, 0) is 7.05 Å². The Morgan fingerprint density at radius 2 is 1.87 bits per heavy atom. The maximum Gasteiger partial charge on any atom is 0.279 e. The molecule has 0 aliphatic carbocycles. The molecule has 0 saturated carbocycles. The highest BCUT2D eigenvalue weighted by Gasteiger charge is 2.18. The van der Waals surface area contributed by atoms with E-state index in [4.69, 9.17) is 0 Å². The van der Waals surface area contributed by atoms with Gasteiger partial charge in [-0.3, -0.25) is 9.59 Å². The summed E-state index contributed by atoms with van der Waals surface area (Å²) in [5.41, 5.74) is 1.20. The second-order valence-corrected chi connectivity index (χ2v) is 3.71. The van der Waals surface area contributed by atoms with E-state index in [0.717, 1.165) is 0 Å². The lowest BCUT2D eigenvalue weighted by Gasteiger charge is -2.13. The summed E-state index contributed by atoms with van der Waals surface area (Å²) in [6, 6.07) is 0. The summed E-state index contributed by atoms with van der Waals surface area (Å²) in [7, 11) is 4.79. The number of carbonyl (C=O) groups is 1. The van der Waals surface area contributed by atoms with Crippen molar-refractivity contribution in [2.75, 3.05) is 14.1 Å². The fraction of sp³-hybridized carbons (Fsp3) is 0.500. The van der Waals surface area contributed by atoms with Crippen LogP contribution >= 0.6 is 0 Å². The molecule has 0 aliphatic rings. The van der Waals surface area contributed by atoms with Crippen molar-refractivity contribution < 1.29 is 4.79 Å². The third kappa shape index (κ3) is 1.91. The van der Waals surface area contributed by atoms with E-state index < -0.39 is 0 Å². The number of hydrogen-bond acceptors (Lipinski definition) is 3. The van der Waals surface area contributed by atoms with Gasteiger partial charge in [-0.05, 0) is 19.4 Å². The highest BCUT2D eigenvalue weighted by molar-refractivity contribution is 5.95. The molecule has 0 radical (unpaired) electrons. The molecule has 5 heteroatoms. The van der Waals surface area contributed by atoms with Crippen molar-refractivity contribution in [2.45, 2.75) is 13.8 Å². The van der Waals surface area contributed by atoms with Crippen LogP contribution in [0.5, 0.6) is 0 Å². The molecular weight excluding hydrogens is 194 g/mol. The van der Waals surface area contributed by atoms with Crippen molar-refractivity contribution in [3.05, 3.63) is 27.2 Å². The van der Waals surface area contributed by atoms with E-state index in [2.05, 4.69) is 5.10 Å². The van der Waals surface area contributed by atoms with E-state index >= 15 is 0 Å². The third-order valence-corrected chi connectivity index (χ3v) is 2.35. The zero-order chi connectivity index (χ0) is 11.7. The highest BCUT2D eigenvalue weighted by Crippen LogP contribution is 2.07. The van der Waals surface area contributed by atoms with Gasteiger partial charge in [-0.2, -0.15) is 5.10 Å². The predicted octanol–water partition coefficient (Wildman–Crippen LogP) is 0.0989.